The summed E-state index contributed by atoms with van der Waals surface area (Å²) in [6.45, 7) is 2.32. The minimum Gasteiger partial charge on any atom is -0.380 e. The molecule has 0 unspecified atom stereocenters. The van der Waals surface area contributed by atoms with Gasteiger partial charge in [-0.15, -0.1) is 0 Å². The van der Waals surface area contributed by atoms with Crippen LogP contribution in [0.3, 0.4) is 0 Å². The van der Waals surface area contributed by atoms with Gasteiger partial charge in [-0.1, -0.05) is 5.57 Å². The number of hydrogen-bond donors (Lipinski definition) is 0. The number of nitrogens with zero attached hydrogens (tertiary/aromatic N) is 5. The lowest BCUT2D eigenvalue weighted by Gasteiger charge is -2.46. The van der Waals surface area contributed by atoms with Crippen LogP contribution in [0.1, 0.15) is 30.5 Å². The fourth-order valence-corrected chi connectivity index (χ4v) is 7.47. The monoisotopic (exact) mass is 567 g/mol. The van der Waals surface area contributed by atoms with E-state index in [4.69, 9.17) is 4.74 Å². The Morgan fingerprint density at radius 2 is 1.88 bits per heavy atom. The van der Waals surface area contributed by atoms with Crippen LogP contribution in [-0.4, -0.2) is 73.1 Å². The van der Waals surface area contributed by atoms with E-state index in [1.807, 2.05) is 10.9 Å². The molecule has 1 atom stereocenters. The maximum Gasteiger partial charge on any atom is 0.244 e. The largest absolute Gasteiger partial charge is 0.380 e. The number of benzene rings is 1. The summed E-state index contributed by atoms with van der Waals surface area (Å²) in [5.41, 5.74) is 3.36. The van der Waals surface area contributed by atoms with Gasteiger partial charge in [-0.3, -0.25) is 0 Å². The van der Waals surface area contributed by atoms with Gasteiger partial charge in [0, 0.05) is 31.3 Å². The first kappa shape index (κ1) is 25.8. The van der Waals surface area contributed by atoms with Gasteiger partial charge in [-0.05, 0) is 79.6 Å². The number of pyridine rings is 1. The lowest BCUT2D eigenvalue weighted by Crippen LogP contribution is -2.51. The normalized spacial score (nSPS) is 23.4. The Labute approximate surface area is 232 Å². The molecule has 0 radical (unpaired) electrons. The van der Waals surface area contributed by atoms with E-state index in [1.54, 1.807) is 33.5 Å². The highest BCUT2D eigenvalue weighted by atomic mass is 32.2. The summed E-state index contributed by atoms with van der Waals surface area (Å²) in [5.74, 6) is 0.873. The smallest absolute Gasteiger partial charge is 0.244 e. The summed E-state index contributed by atoms with van der Waals surface area (Å²) in [6.07, 6.45) is 7.99. The number of halogens is 2. The molecule has 11 heteroatoms. The zero-order valence-electron chi connectivity index (χ0n) is 22.0. The van der Waals surface area contributed by atoms with Gasteiger partial charge in [0.05, 0.1) is 37.3 Å². The molecule has 2 aromatic heterocycles. The van der Waals surface area contributed by atoms with Gasteiger partial charge in [-0.2, -0.15) is 9.40 Å². The molecule has 2 saturated heterocycles. The minimum atomic E-state index is -3.80. The van der Waals surface area contributed by atoms with E-state index in [-0.39, 0.29) is 23.8 Å². The minimum absolute atomic E-state index is 0.135. The zero-order chi connectivity index (χ0) is 27.5. The molecule has 0 amide bonds. The summed E-state index contributed by atoms with van der Waals surface area (Å²) in [7, 11) is -3.80. The predicted octanol–water partition coefficient (Wildman–Crippen LogP) is 4.01. The fourth-order valence-electron chi connectivity index (χ4n) is 6.00. The molecule has 2 aliphatic carbocycles. The van der Waals surface area contributed by atoms with Crippen molar-refractivity contribution in [1.82, 2.24) is 19.1 Å². The second-order valence-electron chi connectivity index (χ2n) is 11.5. The fraction of sp³-hybridized carbons (Fsp3) is 0.448. The van der Waals surface area contributed by atoms with Crippen LogP contribution in [0.15, 0.2) is 59.3 Å². The van der Waals surface area contributed by atoms with Gasteiger partial charge < -0.3 is 9.64 Å². The van der Waals surface area contributed by atoms with Crippen molar-refractivity contribution >= 4 is 21.9 Å². The van der Waals surface area contributed by atoms with Crippen molar-refractivity contribution in [2.45, 2.75) is 36.8 Å². The summed E-state index contributed by atoms with van der Waals surface area (Å²) < 4.78 is 64.0. The van der Waals surface area contributed by atoms with Gasteiger partial charge in [-0.25, -0.2) is 26.9 Å². The average Bonchev–Trinajstić information content (AvgIpc) is 3.68. The molecule has 0 bridgehead atoms. The summed E-state index contributed by atoms with van der Waals surface area (Å²) in [4.78, 5) is 6.24. The summed E-state index contributed by atoms with van der Waals surface area (Å²) in [5, 5.41) is 4.60. The van der Waals surface area contributed by atoms with Crippen LogP contribution in [0.2, 0.25) is 0 Å². The molecule has 1 aromatic carbocycles. The molecule has 2 aliphatic heterocycles. The Morgan fingerprint density at radius 3 is 2.58 bits per heavy atom. The van der Waals surface area contributed by atoms with Crippen LogP contribution >= 0.6 is 0 Å². The van der Waals surface area contributed by atoms with Crippen LogP contribution < -0.4 is 4.90 Å². The van der Waals surface area contributed by atoms with Crippen LogP contribution in [0.25, 0.3) is 11.8 Å². The highest BCUT2D eigenvalue weighted by molar-refractivity contribution is 7.89. The topological polar surface area (TPSA) is 80.6 Å². The first-order valence-electron chi connectivity index (χ1n) is 13.8. The standard InChI is InChI=1S/C29H31F2N5O3S/c30-23-3-5-25(6-4-23)36-27-11-22-9-10-35(18-29(22,12-21(27)13-33-36)19-39-17-20-1-2-20)40(37,38)26-7-8-28(32-14-26)34-15-24(31)16-34/h3-8,11,13-14,20,24H,1-2,9-10,12,15-19H2/t29-/m1/s1. The number of anilines is 1. The SMILES string of the molecule is O=S(=O)(c1ccc(N2CC(F)C2)nc1)N1CCC2=Cc3c(cnn3-c3ccc(F)cc3)C[C@]2(COCC2CC2)C1. The summed E-state index contributed by atoms with van der Waals surface area (Å²) >= 11 is 0. The maximum atomic E-state index is 13.8. The lowest BCUT2D eigenvalue weighted by atomic mass is 9.69. The van der Waals surface area contributed by atoms with Gasteiger partial charge in [0.15, 0.2) is 0 Å². The number of fused-ring (bicyclic) bond motifs is 2. The third kappa shape index (κ3) is 4.63. The quantitative estimate of drug-likeness (QED) is 0.409. The van der Waals surface area contributed by atoms with Crippen LogP contribution in [0, 0.1) is 17.2 Å². The molecule has 0 spiro atoms. The van der Waals surface area contributed by atoms with Crippen molar-refractivity contribution in [3.63, 3.8) is 0 Å². The van der Waals surface area contributed by atoms with E-state index in [0.717, 1.165) is 22.5 Å². The number of hydrogen-bond acceptors (Lipinski definition) is 6. The Kier molecular flexibility index (Phi) is 6.28. The van der Waals surface area contributed by atoms with Crippen molar-refractivity contribution in [3.8, 4) is 5.69 Å². The van der Waals surface area contributed by atoms with E-state index < -0.39 is 21.6 Å². The Morgan fingerprint density at radius 1 is 1.07 bits per heavy atom. The van der Waals surface area contributed by atoms with Crippen LogP contribution in [-0.2, 0) is 21.2 Å². The number of ether oxygens (including phenoxy) is 1. The zero-order valence-corrected chi connectivity index (χ0v) is 22.9. The Balaban J connectivity index is 1.17. The average molecular weight is 568 g/mol. The number of rotatable bonds is 8. The van der Waals surface area contributed by atoms with Crippen molar-refractivity contribution < 1.29 is 21.9 Å². The molecular formula is C29H31F2N5O3S. The van der Waals surface area contributed by atoms with Crippen LogP contribution in [0.4, 0.5) is 14.6 Å². The molecule has 8 nitrogen and oxygen atoms in total. The molecule has 1 saturated carbocycles. The number of sulfonamides is 1. The van der Waals surface area contributed by atoms with Crippen molar-refractivity contribution in [3.05, 3.63) is 71.4 Å². The van der Waals surface area contributed by atoms with Crippen molar-refractivity contribution in [1.29, 1.82) is 0 Å². The van der Waals surface area contributed by atoms with E-state index in [1.165, 1.54) is 31.2 Å². The molecular weight excluding hydrogens is 536 g/mol. The number of piperidine rings is 1. The van der Waals surface area contributed by atoms with E-state index in [0.29, 0.717) is 50.9 Å². The Bertz CT molecular complexity index is 1550. The maximum absolute atomic E-state index is 13.8. The second kappa shape index (κ2) is 9.74. The molecule has 4 aliphatic rings. The van der Waals surface area contributed by atoms with E-state index >= 15 is 0 Å². The summed E-state index contributed by atoms with van der Waals surface area (Å²) in [6, 6.07) is 9.46. The molecule has 40 heavy (non-hydrogen) atoms. The van der Waals surface area contributed by atoms with Gasteiger partial charge in [0.1, 0.15) is 22.7 Å². The third-order valence-electron chi connectivity index (χ3n) is 8.54. The second-order valence-corrected chi connectivity index (χ2v) is 13.4. The van der Waals surface area contributed by atoms with Gasteiger partial charge in [0.2, 0.25) is 10.0 Å². The predicted molar refractivity (Wildman–Crippen MR) is 146 cm³/mol. The van der Waals surface area contributed by atoms with E-state index in [2.05, 4.69) is 16.2 Å². The molecule has 4 heterocycles. The third-order valence-corrected chi connectivity index (χ3v) is 10.4. The molecule has 3 fully saturated rings. The lowest BCUT2D eigenvalue weighted by molar-refractivity contribution is 0.0358. The molecule has 3 aromatic rings. The van der Waals surface area contributed by atoms with Gasteiger partial charge >= 0.3 is 0 Å². The molecule has 0 N–H and O–H groups in total. The van der Waals surface area contributed by atoms with Gasteiger partial charge in [0.25, 0.3) is 0 Å². The first-order valence-corrected chi connectivity index (χ1v) is 15.2. The number of aromatic nitrogens is 3. The van der Waals surface area contributed by atoms with Crippen LogP contribution in [0.5, 0.6) is 0 Å². The van der Waals surface area contributed by atoms with E-state index in [9.17, 15) is 17.2 Å². The molecule has 7 rings (SSSR count). The molecule has 210 valence electrons. The highest BCUT2D eigenvalue weighted by Crippen LogP contribution is 2.46. The number of alkyl halides is 1. The first-order chi connectivity index (χ1) is 19.3. The van der Waals surface area contributed by atoms with Crippen molar-refractivity contribution in [2.75, 3.05) is 44.3 Å². The van der Waals surface area contributed by atoms with Crippen molar-refractivity contribution in [2.24, 2.45) is 11.3 Å². The highest BCUT2D eigenvalue weighted by Gasteiger charge is 2.46. The Hall–Kier alpha value is -3.15.